The van der Waals surface area contributed by atoms with Gasteiger partial charge in [0.2, 0.25) is 0 Å². The molecule has 5 nitrogen and oxygen atoms in total. The minimum Gasteiger partial charge on any atom is -0.356 e. The van der Waals surface area contributed by atoms with Gasteiger partial charge in [-0.2, -0.15) is 0 Å². The zero-order valence-corrected chi connectivity index (χ0v) is 21.3. The fourth-order valence-electron chi connectivity index (χ4n) is 2.53. The first-order chi connectivity index (χ1) is 12.3. The van der Waals surface area contributed by atoms with Gasteiger partial charge in [0.15, 0.2) is 5.96 Å². The maximum absolute atomic E-state index is 13.3. The van der Waals surface area contributed by atoms with Crippen molar-refractivity contribution < 1.29 is 12.8 Å². The minimum atomic E-state index is -2.98. The van der Waals surface area contributed by atoms with Gasteiger partial charge in [-0.1, -0.05) is 45.4 Å². The molecule has 0 fully saturated rings. The molecule has 28 heavy (non-hydrogen) atoms. The number of hydrogen-bond donors (Lipinski definition) is 2. The van der Waals surface area contributed by atoms with Crippen molar-refractivity contribution in [1.82, 2.24) is 10.6 Å². The molecular weight excluding hydrogens is 516 g/mol. The molecule has 1 rings (SSSR count). The molecular formula is C19H32ClFIN3O2S. The van der Waals surface area contributed by atoms with Gasteiger partial charge in [-0.15, -0.1) is 24.0 Å². The average molecular weight is 548 g/mol. The molecule has 9 heteroatoms. The Morgan fingerprint density at radius 1 is 1.18 bits per heavy atom. The van der Waals surface area contributed by atoms with Gasteiger partial charge in [0.25, 0.3) is 0 Å². The molecule has 0 atom stereocenters. The number of guanidine groups is 1. The van der Waals surface area contributed by atoms with E-state index in [-0.39, 0.29) is 46.4 Å². The van der Waals surface area contributed by atoms with E-state index in [2.05, 4.69) is 15.6 Å². The van der Waals surface area contributed by atoms with Crippen molar-refractivity contribution in [3.8, 4) is 0 Å². The SMILES string of the molecule is CN=C(NCC(C)(C)CCS(C)(=O)=O)NCC(C)(C)c1ccc(F)cc1Cl.I. The van der Waals surface area contributed by atoms with E-state index in [1.165, 1.54) is 18.4 Å². The van der Waals surface area contributed by atoms with Crippen LogP contribution in [-0.4, -0.2) is 46.5 Å². The molecule has 0 aliphatic rings. The van der Waals surface area contributed by atoms with Gasteiger partial charge in [0.1, 0.15) is 15.7 Å². The van der Waals surface area contributed by atoms with Crippen LogP contribution < -0.4 is 10.6 Å². The van der Waals surface area contributed by atoms with Gasteiger partial charge < -0.3 is 10.6 Å². The summed E-state index contributed by atoms with van der Waals surface area (Å²) in [6.07, 6.45) is 1.81. The quantitative estimate of drug-likeness (QED) is 0.293. The predicted octanol–water partition coefficient (Wildman–Crippen LogP) is 4.00. The van der Waals surface area contributed by atoms with Gasteiger partial charge in [-0.25, -0.2) is 12.8 Å². The smallest absolute Gasteiger partial charge is 0.191 e. The van der Waals surface area contributed by atoms with Crippen LogP contribution in [0.2, 0.25) is 5.02 Å². The fourth-order valence-corrected chi connectivity index (χ4v) is 3.88. The van der Waals surface area contributed by atoms with Crippen LogP contribution in [0.15, 0.2) is 23.2 Å². The van der Waals surface area contributed by atoms with Crippen LogP contribution in [0, 0.1) is 11.2 Å². The Kier molecular flexibility index (Phi) is 10.7. The molecule has 0 aromatic heterocycles. The van der Waals surface area contributed by atoms with E-state index >= 15 is 0 Å². The number of rotatable bonds is 8. The van der Waals surface area contributed by atoms with Crippen molar-refractivity contribution >= 4 is 51.4 Å². The highest BCUT2D eigenvalue weighted by atomic mass is 127. The van der Waals surface area contributed by atoms with Crippen molar-refractivity contribution in [2.75, 3.05) is 32.1 Å². The summed E-state index contributed by atoms with van der Waals surface area (Å²) in [7, 11) is -1.30. The standard InChI is InChI=1S/C19H31ClFN3O2S.HI/c1-18(2,9-10-27(6,25)26)12-23-17(22-5)24-13-19(3,4)15-8-7-14(21)11-16(15)20;/h7-8,11H,9-10,12-13H2,1-6H3,(H2,22,23,24);1H. The summed E-state index contributed by atoms with van der Waals surface area (Å²) in [6.45, 7) is 9.19. The maximum atomic E-state index is 13.3. The summed E-state index contributed by atoms with van der Waals surface area (Å²) >= 11 is 6.19. The highest BCUT2D eigenvalue weighted by Gasteiger charge is 2.25. The molecule has 1 aromatic rings. The van der Waals surface area contributed by atoms with E-state index in [0.717, 1.165) is 5.56 Å². The summed E-state index contributed by atoms with van der Waals surface area (Å²) in [6, 6.07) is 4.42. The number of nitrogens with zero attached hydrogens (tertiary/aromatic N) is 1. The summed E-state index contributed by atoms with van der Waals surface area (Å²) < 4.78 is 36.0. The molecule has 0 bridgehead atoms. The van der Waals surface area contributed by atoms with Crippen molar-refractivity contribution in [3.05, 3.63) is 34.6 Å². The van der Waals surface area contributed by atoms with Crippen LogP contribution in [0.25, 0.3) is 0 Å². The highest BCUT2D eigenvalue weighted by molar-refractivity contribution is 14.0. The molecule has 0 saturated heterocycles. The zero-order chi connectivity index (χ0) is 20.9. The molecule has 0 heterocycles. The first-order valence-electron chi connectivity index (χ1n) is 8.83. The summed E-state index contributed by atoms with van der Waals surface area (Å²) in [4.78, 5) is 4.22. The Morgan fingerprint density at radius 2 is 1.75 bits per heavy atom. The third kappa shape index (κ3) is 9.73. The fraction of sp³-hybridized carbons (Fsp3) is 0.632. The van der Waals surface area contributed by atoms with Crippen molar-refractivity contribution in [2.45, 2.75) is 39.5 Å². The van der Waals surface area contributed by atoms with Crippen LogP contribution in [0.1, 0.15) is 39.7 Å². The second-order valence-electron chi connectivity index (χ2n) is 8.33. The summed E-state index contributed by atoms with van der Waals surface area (Å²) in [5.41, 5.74) is 0.312. The Balaban J connectivity index is 0.00000729. The van der Waals surface area contributed by atoms with E-state index in [9.17, 15) is 12.8 Å². The number of sulfone groups is 1. The van der Waals surface area contributed by atoms with Crippen molar-refractivity contribution in [2.24, 2.45) is 10.4 Å². The molecule has 0 saturated carbocycles. The van der Waals surface area contributed by atoms with Crippen LogP contribution in [0.5, 0.6) is 0 Å². The van der Waals surface area contributed by atoms with Crippen molar-refractivity contribution in [3.63, 3.8) is 0 Å². The first-order valence-corrected chi connectivity index (χ1v) is 11.3. The lowest BCUT2D eigenvalue weighted by Crippen LogP contribution is -2.46. The van der Waals surface area contributed by atoms with Gasteiger partial charge in [-0.3, -0.25) is 4.99 Å². The maximum Gasteiger partial charge on any atom is 0.191 e. The normalized spacial score (nSPS) is 13.1. The zero-order valence-electron chi connectivity index (χ0n) is 17.4. The molecule has 2 N–H and O–H groups in total. The van der Waals surface area contributed by atoms with E-state index in [0.29, 0.717) is 30.5 Å². The molecule has 0 amide bonds. The lowest BCUT2D eigenvalue weighted by molar-refractivity contribution is 0.348. The number of hydrogen-bond acceptors (Lipinski definition) is 3. The molecule has 1 aromatic carbocycles. The molecule has 0 spiro atoms. The second-order valence-corrected chi connectivity index (χ2v) is 11.0. The summed E-state index contributed by atoms with van der Waals surface area (Å²) in [5, 5.41) is 6.90. The Bertz CT molecular complexity index is 783. The first kappa shape index (κ1) is 27.4. The van der Waals surface area contributed by atoms with Gasteiger partial charge in [-0.05, 0) is 29.5 Å². The van der Waals surface area contributed by atoms with E-state index in [1.54, 1.807) is 13.1 Å². The Morgan fingerprint density at radius 3 is 2.25 bits per heavy atom. The van der Waals surface area contributed by atoms with Crippen LogP contribution in [-0.2, 0) is 15.3 Å². The van der Waals surface area contributed by atoms with Crippen LogP contribution in [0.4, 0.5) is 4.39 Å². The lowest BCUT2D eigenvalue weighted by Gasteiger charge is -2.29. The average Bonchev–Trinajstić information content (AvgIpc) is 2.52. The van der Waals surface area contributed by atoms with Crippen molar-refractivity contribution in [1.29, 1.82) is 0 Å². The van der Waals surface area contributed by atoms with E-state index in [4.69, 9.17) is 11.6 Å². The number of aliphatic imine (C=N–C) groups is 1. The van der Waals surface area contributed by atoms with E-state index < -0.39 is 9.84 Å². The van der Waals surface area contributed by atoms with E-state index in [1.807, 2.05) is 27.7 Å². The highest BCUT2D eigenvalue weighted by Crippen LogP contribution is 2.30. The third-order valence-electron chi connectivity index (χ3n) is 4.47. The topological polar surface area (TPSA) is 70.6 Å². The van der Waals surface area contributed by atoms with Crippen LogP contribution >= 0.6 is 35.6 Å². The largest absolute Gasteiger partial charge is 0.356 e. The molecule has 0 aliphatic carbocycles. The van der Waals surface area contributed by atoms with Gasteiger partial charge in [0.05, 0.1) is 5.75 Å². The number of nitrogens with one attached hydrogen (secondary N) is 2. The summed E-state index contributed by atoms with van der Waals surface area (Å²) in [5.74, 6) is 0.416. The number of halogens is 3. The predicted molar refractivity (Wildman–Crippen MR) is 127 cm³/mol. The van der Waals surface area contributed by atoms with Gasteiger partial charge in [0, 0.05) is 36.8 Å². The third-order valence-corrected chi connectivity index (χ3v) is 5.72. The molecule has 0 unspecified atom stereocenters. The number of benzene rings is 1. The van der Waals surface area contributed by atoms with Gasteiger partial charge >= 0.3 is 0 Å². The minimum absolute atomic E-state index is 0. The molecule has 0 aliphatic heterocycles. The Labute approximate surface area is 190 Å². The lowest BCUT2D eigenvalue weighted by atomic mass is 9.84. The monoisotopic (exact) mass is 547 g/mol. The molecule has 0 radical (unpaired) electrons. The second kappa shape index (κ2) is 11.0. The molecule has 162 valence electrons. The Hall–Kier alpha value is -0.610. The van der Waals surface area contributed by atoms with Crippen LogP contribution in [0.3, 0.4) is 0 Å².